The van der Waals surface area contributed by atoms with Crippen molar-refractivity contribution < 1.29 is 0 Å². The first-order chi connectivity index (χ1) is 16.7. The van der Waals surface area contributed by atoms with Crippen LogP contribution < -0.4 is 11.5 Å². The Morgan fingerprint density at radius 3 is 2.35 bits per heavy atom. The number of anilines is 1. The van der Waals surface area contributed by atoms with Gasteiger partial charge in [-0.25, -0.2) is 9.97 Å². The van der Waals surface area contributed by atoms with Crippen LogP contribution in [0.3, 0.4) is 0 Å². The van der Waals surface area contributed by atoms with E-state index in [1.807, 2.05) is 6.07 Å². The average Bonchev–Trinajstić information content (AvgIpc) is 3.45. The molecule has 1 aliphatic rings. The Labute approximate surface area is 205 Å². The first kappa shape index (κ1) is 23.2. The van der Waals surface area contributed by atoms with Crippen LogP contribution in [0.15, 0.2) is 35.7 Å². The second-order valence-corrected chi connectivity index (χ2v) is 10.2. The second-order valence-electron chi connectivity index (χ2n) is 9.27. The lowest BCUT2D eigenvalue weighted by atomic mass is 10.1. The molecule has 0 radical (unpaired) electrons. The van der Waals surface area contributed by atoms with Gasteiger partial charge < -0.3 is 16.0 Å². The van der Waals surface area contributed by atoms with Crippen molar-refractivity contribution in [2.24, 2.45) is 5.73 Å². The number of aryl methyl sites for hydroxylation is 1. The zero-order valence-corrected chi connectivity index (χ0v) is 20.9. The highest BCUT2D eigenvalue weighted by Gasteiger charge is 2.19. The molecular weight excluding hydrogens is 442 g/mol. The van der Waals surface area contributed by atoms with Gasteiger partial charge in [-0.05, 0) is 29.0 Å². The standard InChI is InChI=1S/C26H35N7S/c1-2-3-4-22-30-23-24(25-21(9-16-34-25)29-26(23)28)33(22)18-20-7-5-19(6-8-20)17-32-14-12-31(11-10-27)13-15-32/h5-9,16H,2-4,10-15,17-18,27H2,1H3,(H2,28,29). The third kappa shape index (κ3) is 4.81. The zero-order chi connectivity index (χ0) is 23.5. The number of fused-ring (bicyclic) bond motifs is 3. The summed E-state index contributed by atoms with van der Waals surface area (Å²) in [7, 11) is 0. The molecule has 1 fully saturated rings. The van der Waals surface area contributed by atoms with Gasteiger partial charge in [-0.2, -0.15) is 0 Å². The van der Waals surface area contributed by atoms with Gasteiger partial charge >= 0.3 is 0 Å². The minimum absolute atomic E-state index is 0.527. The predicted octanol–water partition coefficient (Wildman–Crippen LogP) is 3.70. The van der Waals surface area contributed by atoms with Crippen molar-refractivity contribution in [3.05, 3.63) is 52.7 Å². The summed E-state index contributed by atoms with van der Waals surface area (Å²) in [5, 5.41) is 2.09. The van der Waals surface area contributed by atoms with Crippen molar-refractivity contribution in [3.63, 3.8) is 0 Å². The van der Waals surface area contributed by atoms with E-state index in [4.69, 9.17) is 16.5 Å². The Balaban J connectivity index is 1.36. The molecule has 0 aliphatic carbocycles. The monoisotopic (exact) mass is 477 g/mol. The van der Waals surface area contributed by atoms with Crippen LogP contribution in [0.25, 0.3) is 21.3 Å². The molecule has 3 aromatic heterocycles. The molecule has 4 N–H and O–H groups in total. The summed E-state index contributed by atoms with van der Waals surface area (Å²) in [6.07, 6.45) is 3.20. The van der Waals surface area contributed by atoms with E-state index in [-0.39, 0.29) is 0 Å². The summed E-state index contributed by atoms with van der Waals surface area (Å²) in [5.74, 6) is 1.63. The normalized spacial score (nSPS) is 15.6. The Morgan fingerprint density at radius 2 is 1.65 bits per heavy atom. The number of piperazine rings is 1. The molecule has 7 nitrogen and oxygen atoms in total. The first-order valence-electron chi connectivity index (χ1n) is 12.4. The zero-order valence-electron chi connectivity index (χ0n) is 20.0. The summed E-state index contributed by atoms with van der Waals surface area (Å²) in [4.78, 5) is 14.5. The molecule has 1 aromatic carbocycles. The highest BCUT2D eigenvalue weighted by Crippen LogP contribution is 2.33. The third-order valence-corrected chi connectivity index (χ3v) is 7.73. The molecule has 4 aromatic rings. The van der Waals surface area contributed by atoms with E-state index in [9.17, 15) is 0 Å². The molecule has 1 aliphatic heterocycles. The number of thiophene rings is 1. The van der Waals surface area contributed by atoms with Gasteiger partial charge in [0.05, 0.1) is 15.7 Å². The lowest BCUT2D eigenvalue weighted by Crippen LogP contribution is -2.47. The van der Waals surface area contributed by atoms with E-state index in [1.54, 1.807) is 11.3 Å². The second kappa shape index (κ2) is 10.4. The van der Waals surface area contributed by atoms with Crippen molar-refractivity contribution in [1.82, 2.24) is 24.3 Å². The average molecular weight is 478 g/mol. The minimum atomic E-state index is 0.527. The number of benzene rings is 1. The molecule has 8 heteroatoms. The van der Waals surface area contributed by atoms with Gasteiger partial charge in [0.2, 0.25) is 0 Å². The summed E-state index contributed by atoms with van der Waals surface area (Å²) in [6.45, 7) is 10.2. The van der Waals surface area contributed by atoms with E-state index in [0.29, 0.717) is 5.82 Å². The highest BCUT2D eigenvalue weighted by atomic mass is 32.1. The summed E-state index contributed by atoms with van der Waals surface area (Å²) < 4.78 is 3.54. The van der Waals surface area contributed by atoms with Gasteiger partial charge in [0.25, 0.3) is 0 Å². The number of nitrogens with zero attached hydrogens (tertiary/aromatic N) is 5. The number of unbranched alkanes of at least 4 members (excludes halogenated alkanes) is 1. The molecule has 0 amide bonds. The maximum absolute atomic E-state index is 6.32. The van der Waals surface area contributed by atoms with Crippen molar-refractivity contribution in [2.45, 2.75) is 39.3 Å². The molecule has 0 saturated carbocycles. The Hall–Kier alpha value is -2.52. The van der Waals surface area contributed by atoms with Crippen molar-refractivity contribution in [3.8, 4) is 0 Å². The van der Waals surface area contributed by atoms with Crippen LogP contribution in [0.5, 0.6) is 0 Å². The fourth-order valence-corrected chi connectivity index (χ4v) is 5.78. The largest absolute Gasteiger partial charge is 0.382 e. The van der Waals surface area contributed by atoms with Gasteiger partial charge in [-0.1, -0.05) is 37.6 Å². The van der Waals surface area contributed by atoms with Crippen LogP contribution in [0.2, 0.25) is 0 Å². The van der Waals surface area contributed by atoms with Gasteiger partial charge in [0.1, 0.15) is 11.3 Å². The molecule has 5 rings (SSSR count). The fourth-order valence-electron chi connectivity index (χ4n) is 4.90. The van der Waals surface area contributed by atoms with Gasteiger partial charge in [0, 0.05) is 58.8 Å². The van der Waals surface area contributed by atoms with E-state index < -0.39 is 0 Å². The van der Waals surface area contributed by atoms with Crippen molar-refractivity contribution >= 4 is 38.4 Å². The summed E-state index contributed by atoms with van der Waals surface area (Å²) in [6, 6.07) is 11.1. The van der Waals surface area contributed by atoms with Crippen LogP contribution in [0.1, 0.15) is 36.7 Å². The van der Waals surface area contributed by atoms with E-state index in [0.717, 1.165) is 94.0 Å². The Kier molecular flexibility index (Phi) is 7.10. The van der Waals surface area contributed by atoms with Crippen LogP contribution in [0.4, 0.5) is 5.82 Å². The number of rotatable bonds is 9. The molecule has 1 saturated heterocycles. The fraction of sp³-hybridized carbons (Fsp3) is 0.462. The Morgan fingerprint density at radius 1 is 0.941 bits per heavy atom. The SMILES string of the molecule is CCCCc1nc2c(N)nc3ccsc3c2n1Cc1ccc(CN2CCN(CCN)CC2)cc1. The molecule has 0 unspecified atom stereocenters. The number of hydrogen-bond donors (Lipinski definition) is 2. The van der Waals surface area contributed by atoms with Crippen LogP contribution in [0, 0.1) is 0 Å². The maximum Gasteiger partial charge on any atom is 0.152 e. The lowest BCUT2D eigenvalue weighted by molar-refractivity contribution is 0.130. The van der Waals surface area contributed by atoms with E-state index >= 15 is 0 Å². The number of hydrogen-bond acceptors (Lipinski definition) is 7. The van der Waals surface area contributed by atoms with Gasteiger partial charge in [0.15, 0.2) is 5.82 Å². The number of nitrogen functional groups attached to an aromatic ring is 1. The van der Waals surface area contributed by atoms with Crippen LogP contribution in [-0.2, 0) is 19.5 Å². The number of imidazole rings is 1. The minimum Gasteiger partial charge on any atom is -0.382 e. The predicted molar refractivity (Wildman–Crippen MR) is 142 cm³/mol. The lowest BCUT2D eigenvalue weighted by Gasteiger charge is -2.34. The number of aromatic nitrogens is 3. The maximum atomic E-state index is 6.32. The van der Waals surface area contributed by atoms with E-state index in [1.165, 1.54) is 15.8 Å². The first-order valence-corrected chi connectivity index (χ1v) is 13.3. The van der Waals surface area contributed by atoms with Gasteiger partial charge in [-0.3, -0.25) is 9.80 Å². The molecular formula is C26H35N7S. The Bertz CT molecular complexity index is 1240. The van der Waals surface area contributed by atoms with Crippen molar-refractivity contribution in [1.29, 1.82) is 0 Å². The van der Waals surface area contributed by atoms with Crippen LogP contribution >= 0.6 is 11.3 Å². The third-order valence-electron chi connectivity index (χ3n) is 6.82. The number of pyridine rings is 1. The quantitative estimate of drug-likeness (QED) is 0.382. The van der Waals surface area contributed by atoms with Crippen LogP contribution in [-0.4, -0.2) is 63.6 Å². The molecule has 0 spiro atoms. The highest BCUT2D eigenvalue weighted by molar-refractivity contribution is 7.18. The van der Waals surface area contributed by atoms with E-state index in [2.05, 4.69) is 55.9 Å². The van der Waals surface area contributed by atoms with Crippen molar-refractivity contribution in [2.75, 3.05) is 45.0 Å². The number of nitrogens with two attached hydrogens (primary N) is 2. The summed E-state index contributed by atoms with van der Waals surface area (Å²) in [5.41, 5.74) is 17.6. The smallest absolute Gasteiger partial charge is 0.152 e. The molecule has 0 bridgehead atoms. The molecule has 0 atom stereocenters. The van der Waals surface area contributed by atoms with Gasteiger partial charge in [-0.15, -0.1) is 11.3 Å². The molecule has 34 heavy (non-hydrogen) atoms. The molecule has 4 heterocycles. The molecule has 180 valence electrons. The topological polar surface area (TPSA) is 89.2 Å². The summed E-state index contributed by atoms with van der Waals surface area (Å²) >= 11 is 1.72.